The molecule has 200 valence electrons. The Hall–Kier alpha value is -0.640. The highest BCUT2D eigenvalue weighted by molar-refractivity contribution is 4.92. The first-order valence-electron chi connectivity index (χ1n) is 10.6. The molecule has 16 heteroatoms. The maximum atomic E-state index is 10.2. The molecule has 3 fully saturated rings. The van der Waals surface area contributed by atoms with Crippen LogP contribution in [-0.2, 0) is 23.7 Å². The van der Waals surface area contributed by atoms with Crippen molar-refractivity contribution < 1.29 is 79.9 Å². The number of hydrogen-bond acceptors (Lipinski definition) is 16. The van der Waals surface area contributed by atoms with Crippen LogP contribution < -0.4 is 0 Å². The smallest absolute Gasteiger partial charge is 0.186 e. The minimum atomic E-state index is -1.82. The second-order valence-electron chi connectivity index (χ2n) is 8.42. The first-order chi connectivity index (χ1) is 16.0. The van der Waals surface area contributed by atoms with Gasteiger partial charge in [-0.1, -0.05) is 0 Å². The summed E-state index contributed by atoms with van der Waals surface area (Å²) in [4.78, 5) is 0. The van der Waals surface area contributed by atoms with Gasteiger partial charge in [-0.2, -0.15) is 0 Å². The topological polar surface area (TPSA) is 269 Å². The summed E-state index contributed by atoms with van der Waals surface area (Å²) in [5, 5.41) is 108. The van der Waals surface area contributed by atoms with E-state index in [9.17, 15) is 56.2 Å². The van der Waals surface area contributed by atoms with Gasteiger partial charge in [-0.25, -0.2) is 0 Å². The minimum Gasteiger partial charge on any atom is -0.394 e. The third-order valence-corrected chi connectivity index (χ3v) is 6.05. The van der Waals surface area contributed by atoms with Gasteiger partial charge in [0.1, 0.15) is 73.2 Å². The predicted octanol–water partition coefficient (Wildman–Crippen LogP) is -7.57. The Morgan fingerprint density at radius 3 is 1.29 bits per heavy atom. The zero-order valence-corrected chi connectivity index (χ0v) is 17.7. The van der Waals surface area contributed by atoms with E-state index in [-0.39, 0.29) is 0 Å². The molecule has 0 bridgehead atoms. The second kappa shape index (κ2) is 11.6. The molecule has 0 spiro atoms. The van der Waals surface area contributed by atoms with E-state index in [1.807, 2.05) is 0 Å². The highest BCUT2D eigenvalue weighted by atomic mass is 16.7. The maximum absolute atomic E-state index is 10.2. The lowest BCUT2D eigenvalue weighted by molar-refractivity contribution is -0.340. The zero-order chi connectivity index (χ0) is 25.3. The van der Waals surface area contributed by atoms with Gasteiger partial charge in [-0.05, 0) is 0 Å². The summed E-state index contributed by atoms with van der Waals surface area (Å²) in [7, 11) is 0. The van der Waals surface area contributed by atoms with Crippen LogP contribution in [-0.4, -0.2) is 168 Å². The summed E-state index contributed by atoms with van der Waals surface area (Å²) in [5.74, 6) is 0. The lowest BCUT2D eigenvalue weighted by Crippen LogP contribution is -2.62. The van der Waals surface area contributed by atoms with E-state index in [2.05, 4.69) is 0 Å². The van der Waals surface area contributed by atoms with Crippen molar-refractivity contribution in [3.63, 3.8) is 0 Å². The highest BCUT2D eigenvalue weighted by Crippen LogP contribution is 2.27. The normalized spacial score (nSPS) is 52.5. The largest absolute Gasteiger partial charge is 0.394 e. The minimum absolute atomic E-state index is 0.570. The van der Waals surface area contributed by atoms with Crippen molar-refractivity contribution in [2.24, 2.45) is 0 Å². The van der Waals surface area contributed by atoms with Crippen molar-refractivity contribution in [2.45, 2.75) is 92.1 Å². The van der Waals surface area contributed by atoms with Crippen molar-refractivity contribution in [2.75, 3.05) is 19.8 Å². The molecule has 0 aromatic rings. The Balaban J connectivity index is 1.58. The fraction of sp³-hybridized carbons (Fsp3) is 1.00. The molecule has 0 aromatic carbocycles. The van der Waals surface area contributed by atoms with Crippen molar-refractivity contribution in [1.82, 2.24) is 0 Å². The Kier molecular flexibility index (Phi) is 9.54. The maximum Gasteiger partial charge on any atom is 0.186 e. The highest BCUT2D eigenvalue weighted by Gasteiger charge is 2.48. The molecule has 0 aliphatic carbocycles. The molecular weight excluding hydrogens is 472 g/mol. The predicted molar refractivity (Wildman–Crippen MR) is 101 cm³/mol. The Morgan fingerprint density at radius 2 is 0.824 bits per heavy atom. The third kappa shape index (κ3) is 5.68. The molecule has 3 heterocycles. The quantitative estimate of drug-likeness (QED) is 0.154. The van der Waals surface area contributed by atoms with E-state index < -0.39 is 112 Å². The lowest BCUT2D eigenvalue weighted by atomic mass is 9.98. The van der Waals surface area contributed by atoms with Crippen molar-refractivity contribution in [3.8, 4) is 0 Å². The summed E-state index contributed by atoms with van der Waals surface area (Å²) < 4.78 is 26.1. The lowest BCUT2D eigenvalue weighted by Gasteiger charge is -2.43. The van der Waals surface area contributed by atoms with Gasteiger partial charge in [0.25, 0.3) is 0 Å². The number of aliphatic hydroxyl groups excluding tert-OH is 11. The fourth-order valence-corrected chi connectivity index (χ4v) is 3.84. The van der Waals surface area contributed by atoms with E-state index in [0.29, 0.717) is 0 Å². The summed E-state index contributed by atoms with van der Waals surface area (Å²) in [6, 6.07) is 0. The van der Waals surface area contributed by atoms with Crippen LogP contribution in [0.15, 0.2) is 0 Å². The van der Waals surface area contributed by atoms with Crippen LogP contribution in [0.1, 0.15) is 0 Å². The van der Waals surface area contributed by atoms with Crippen LogP contribution in [0.25, 0.3) is 0 Å². The van der Waals surface area contributed by atoms with Gasteiger partial charge < -0.3 is 79.9 Å². The van der Waals surface area contributed by atoms with E-state index in [0.717, 1.165) is 0 Å². The molecule has 0 saturated carbocycles. The third-order valence-electron chi connectivity index (χ3n) is 6.05. The first-order valence-corrected chi connectivity index (χ1v) is 10.6. The average molecular weight is 504 g/mol. The van der Waals surface area contributed by atoms with Crippen LogP contribution in [0.3, 0.4) is 0 Å². The number of hydrogen-bond donors (Lipinski definition) is 11. The Morgan fingerprint density at radius 1 is 0.441 bits per heavy atom. The van der Waals surface area contributed by atoms with Gasteiger partial charge in [-0.3, -0.25) is 0 Å². The van der Waals surface area contributed by atoms with Gasteiger partial charge in [0.05, 0.1) is 19.8 Å². The average Bonchev–Trinajstić information content (AvgIpc) is 2.82. The van der Waals surface area contributed by atoms with E-state index in [1.54, 1.807) is 0 Å². The molecule has 3 aliphatic heterocycles. The Labute approximate surface area is 192 Å². The van der Waals surface area contributed by atoms with Crippen LogP contribution in [0.2, 0.25) is 0 Å². The molecule has 3 rings (SSSR count). The van der Waals surface area contributed by atoms with Gasteiger partial charge in [-0.15, -0.1) is 0 Å². The van der Waals surface area contributed by atoms with Crippen molar-refractivity contribution >= 4 is 0 Å². The molecule has 11 N–H and O–H groups in total. The van der Waals surface area contributed by atoms with Crippen LogP contribution in [0, 0.1) is 0 Å². The molecule has 3 aliphatic rings. The molecule has 0 amide bonds. The molecule has 34 heavy (non-hydrogen) atoms. The summed E-state index contributed by atoms with van der Waals surface area (Å²) in [5.41, 5.74) is 0. The van der Waals surface area contributed by atoms with E-state index in [1.165, 1.54) is 0 Å². The first kappa shape index (κ1) is 27.9. The van der Waals surface area contributed by atoms with Crippen LogP contribution in [0.5, 0.6) is 0 Å². The second-order valence-corrected chi connectivity index (χ2v) is 8.42. The van der Waals surface area contributed by atoms with Gasteiger partial charge >= 0.3 is 0 Å². The van der Waals surface area contributed by atoms with E-state index in [4.69, 9.17) is 23.7 Å². The van der Waals surface area contributed by atoms with Gasteiger partial charge in [0.15, 0.2) is 18.9 Å². The zero-order valence-electron chi connectivity index (χ0n) is 17.7. The molecule has 16 nitrogen and oxygen atoms in total. The summed E-state index contributed by atoms with van der Waals surface area (Å²) in [6.45, 7) is -1.84. The van der Waals surface area contributed by atoms with Crippen LogP contribution in [0.4, 0.5) is 0 Å². The van der Waals surface area contributed by atoms with Gasteiger partial charge in [0, 0.05) is 0 Å². The molecule has 0 unspecified atom stereocenters. The molecule has 15 atom stereocenters. The fourth-order valence-electron chi connectivity index (χ4n) is 3.84. The Bertz CT molecular complexity index is 639. The number of ether oxygens (including phenoxy) is 5. The molecule has 0 aromatic heterocycles. The monoisotopic (exact) mass is 504 g/mol. The van der Waals surface area contributed by atoms with Crippen molar-refractivity contribution in [1.29, 1.82) is 0 Å². The SMILES string of the molecule is OC[C@H]1O[C@H](OC[C@H]2O[C@H](OC[C@H]3O[C@H](O)[C@H](O)[C@@H](O)[C@@H]3O)[C@H](O)[C@@H](O)[C@H]2O)[C@H](O)[C@@H](O)[C@H]1O. The van der Waals surface area contributed by atoms with Crippen LogP contribution >= 0.6 is 0 Å². The van der Waals surface area contributed by atoms with Gasteiger partial charge in [0.2, 0.25) is 0 Å². The number of aliphatic hydroxyl groups is 11. The summed E-state index contributed by atoms with van der Waals surface area (Å²) in [6.07, 6.45) is -24.4. The molecule has 0 radical (unpaired) electrons. The standard InChI is InChI=1S/C18H32O16/c19-1-4-7(20)11(24)14(27)17(33-4)31-3-6-9(22)12(25)15(28)18(34-6)30-2-5-8(21)10(23)13(26)16(29)32-5/h4-29H,1-3H2/t4-,5-,6-,7+,8-,9+,10+,11+,12+,13-,14-,15-,16+,17+,18+/m1/s1. The van der Waals surface area contributed by atoms with E-state index >= 15 is 0 Å². The van der Waals surface area contributed by atoms with Crippen molar-refractivity contribution in [3.05, 3.63) is 0 Å². The molecular formula is C18H32O16. The number of rotatable bonds is 7. The molecule has 3 saturated heterocycles. The summed E-state index contributed by atoms with van der Waals surface area (Å²) >= 11 is 0.